The SMILES string of the molecule is COC(=O)C(C)C(=O)c1ccc(Br)s1. The van der Waals surface area contributed by atoms with E-state index in [0.29, 0.717) is 4.88 Å². The molecule has 0 N–H and O–H groups in total. The maximum Gasteiger partial charge on any atom is 0.316 e. The van der Waals surface area contributed by atoms with Crippen LogP contribution in [0.15, 0.2) is 15.9 Å². The summed E-state index contributed by atoms with van der Waals surface area (Å²) in [7, 11) is 1.27. The van der Waals surface area contributed by atoms with E-state index in [-0.39, 0.29) is 5.78 Å². The Morgan fingerprint density at radius 2 is 2.14 bits per heavy atom. The second kappa shape index (κ2) is 4.70. The molecule has 1 aromatic heterocycles. The zero-order valence-electron chi connectivity index (χ0n) is 7.74. The second-order valence-electron chi connectivity index (χ2n) is 2.71. The minimum absolute atomic E-state index is 0.201. The summed E-state index contributed by atoms with van der Waals surface area (Å²) in [5.74, 6) is -1.43. The van der Waals surface area contributed by atoms with Crippen molar-refractivity contribution in [2.75, 3.05) is 7.11 Å². The van der Waals surface area contributed by atoms with Crippen molar-refractivity contribution in [3.63, 3.8) is 0 Å². The highest BCUT2D eigenvalue weighted by Crippen LogP contribution is 2.24. The molecule has 0 aromatic carbocycles. The molecule has 0 aliphatic heterocycles. The molecule has 5 heteroatoms. The molecule has 0 fully saturated rings. The van der Waals surface area contributed by atoms with Crippen molar-refractivity contribution in [3.05, 3.63) is 20.8 Å². The molecule has 3 nitrogen and oxygen atoms in total. The van der Waals surface area contributed by atoms with E-state index in [9.17, 15) is 9.59 Å². The van der Waals surface area contributed by atoms with Crippen molar-refractivity contribution in [1.29, 1.82) is 0 Å². The number of ether oxygens (including phenoxy) is 1. The van der Waals surface area contributed by atoms with Crippen LogP contribution in [0, 0.1) is 5.92 Å². The highest BCUT2D eigenvalue weighted by atomic mass is 79.9. The van der Waals surface area contributed by atoms with Gasteiger partial charge in [0, 0.05) is 0 Å². The van der Waals surface area contributed by atoms with Crippen LogP contribution in [0.1, 0.15) is 16.6 Å². The number of Topliss-reactive ketones (excluding diaryl/α,β-unsaturated/α-hetero) is 1. The highest BCUT2D eigenvalue weighted by molar-refractivity contribution is 9.11. The van der Waals surface area contributed by atoms with Crippen LogP contribution in [-0.4, -0.2) is 18.9 Å². The van der Waals surface area contributed by atoms with Gasteiger partial charge in [-0.05, 0) is 35.0 Å². The number of hydrogen-bond donors (Lipinski definition) is 0. The van der Waals surface area contributed by atoms with Crippen molar-refractivity contribution >= 4 is 39.0 Å². The van der Waals surface area contributed by atoms with Gasteiger partial charge in [0.05, 0.1) is 15.8 Å². The number of rotatable bonds is 3. The van der Waals surface area contributed by atoms with Crippen molar-refractivity contribution in [2.24, 2.45) is 5.92 Å². The molecule has 0 radical (unpaired) electrons. The molecule has 1 heterocycles. The number of halogens is 1. The Morgan fingerprint density at radius 3 is 2.57 bits per heavy atom. The van der Waals surface area contributed by atoms with Crippen molar-refractivity contribution < 1.29 is 14.3 Å². The zero-order chi connectivity index (χ0) is 10.7. The maximum atomic E-state index is 11.6. The molecule has 76 valence electrons. The van der Waals surface area contributed by atoms with Gasteiger partial charge in [0.2, 0.25) is 0 Å². The smallest absolute Gasteiger partial charge is 0.316 e. The average molecular weight is 277 g/mol. The number of carbonyl (C=O) groups excluding carboxylic acids is 2. The third kappa shape index (κ3) is 2.42. The maximum absolute atomic E-state index is 11.6. The first-order valence-corrected chi connectivity index (χ1v) is 5.54. The van der Waals surface area contributed by atoms with Crippen LogP contribution in [0.2, 0.25) is 0 Å². The Labute approximate surface area is 94.2 Å². The summed E-state index contributed by atoms with van der Waals surface area (Å²) in [4.78, 5) is 23.3. The first-order valence-electron chi connectivity index (χ1n) is 3.93. The molecule has 1 rings (SSSR count). The summed E-state index contributed by atoms with van der Waals surface area (Å²) in [6, 6.07) is 3.47. The Hall–Kier alpha value is -0.680. The molecule has 1 atom stereocenters. The van der Waals surface area contributed by atoms with Gasteiger partial charge < -0.3 is 4.74 Å². The van der Waals surface area contributed by atoms with Crippen molar-refractivity contribution in [2.45, 2.75) is 6.92 Å². The fraction of sp³-hybridized carbons (Fsp3) is 0.333. The molecule has 0 aliphatic carbocycles. The molecular formula is C9H9BrO3S. The number of thiophene rings is 1. The van der Waals surface area contributed by atoms with Gasteiger partial charge in [0.25, 0.3) is 0 Å². The lowest BCUT2D eigenvalue weighted by Crippen LogP contribution is -2.21. The fourth-order valence-electron chi connectivity index (χ4n) is 0.944. The summed E-state index contributed by atoms with van der Waals surface area (Å²) in [6.07, 6.45) is 0. The topological polar surface area (TPSA) is 43.4 Å². The van der Waals surface area contributed by atoms with Gasteiger partial charge in [-0.3, -0.25) is 9.59 Å². The van der Waals surface area contributed by atoms with Crippen LogP contribution < -0.4 is 0 Å². The molecule has 1 aromatic rings. The molecule has 0 spiro atoms. The number of esters is 1. The summed E-state index contributed by atoms with van der Waals surface area (Å²) in [6.45, 7) is 1.54. The third-order valence-electron chi connectivity index (χ3n) is 1.76. The van der Waals surface area contributed by atoms with E-state index >= 15 is 0 Å². The second-order valence-corrected chi connectivity index (χ2v) is 5.18. The van der Waals surface area contributed by atoms with E-state index < -0.39 is 11.9 Å². The highest BCUT2D eigenvalue weighted by Gasteiger charge is 2.24. The van der Waals surface area contributed by atoms with E-state index in [1.54, 1.807) is 19.1 Å². The average Bonchev–Trinajstić information content (AvgIpc) is 2.61. The normalized spacial score (nSPS) is 12.2. The van der Waals surface area contributed by atoms with E-state index in [1.807, 2.05) is 0 Å². The van der Waals surface area contributed by atoms with E-state index in [1.165, 1.54) is 18.4 Å². The van der Waals surface area contributed by atoms with Gasteiger partial charge in [0.1, 0.15) is 5.92 Å². The molecule has 0 bridgehead atoms. The van der Waals surface area contributed by atoms with Gasteiger partial charge >= 0.3 is 5.97 Å². The Balaban J connectivity index is 2.80. The Kier molecular flexibility index (Phi) is 3.83. The van der Waals surface area contributed by atoms with E-state index in [2.05, 4.69) is 20.7 Å². The van der Waals surface area contributed by atoms with Crippen LogP contribution >= 0.6 is 27.3 Å². The minimum atomic E-state index is -0.731. The molecule has 0 aliphatic rings. The lowest BCUT2D eigenvalue weighted by molar-refractivity contribution is -0.143. The number of methoxy groups -OCH3 is 1. The fourth-order valence-corrected chi connectivity index (χ4v) is 2.36. The van der Waals surface area contributed by atoms with Crippen LogP contribution in [0.25, 0.3) is 0 Å². The van der Waals surface area contributed by atoms with Crippen LogP contribution in [0.3, 0.4) is 0 Å². The zero-order valence-corrected chi connectivity index (χ0v) is 10.1. The molecule has 0 saturated carbocycles. The van der Waals surface area contributed by atoms with Crippen LogP contribution in [0.5, 0.6) is 0 Å². The van der Waals surface area contributed by atoms with E-state index in [4.69, 9.17) is 0 Å². The summed E-state index contributed by atoms with van der Waals surface area (Å²) < 4.78 is 5.37. The quantitative estimate of drug-likeness (QED) is 0.484. The summed E-state index contributed by atoms with van der Waals surface area (Å²) in [5.41, 5.74) is 0. The van der Waals surface area contributed by atoms with Gasteiger partial charge in [-0.15, -0.1) is 11.3 Å². The minimum Gasteiger partial charge on any atom is -0.468 e. The number of ketones is 1. The molecular weight excluding hydrogens is 268 g/mol. The molecule has 14 heavy (non-hydrogen) atoms. The summed E-state index contributed by atoms with van der Waals surface area (Å²) in [5, 5.41) is 0. The van der Waals surface area contributed by atoms with E-state index in [0.717, 1.165) is 3.79 Å². The molecule has 0 saturated heterocycles. The van der Waals surface area contributed by atoms with Crippen molar-refractivity contribution in [1.82, 2.24) is 0 Å². The monoisotopic (exact) mass is 276 g/mol. The largest absolute Gasteiger partial charge is 0.468 e. The predicted molar refractivity (Wildman–Crippen MR) is 57.5 cm³/mol. The molecule has 1 unspecified atom stereocenters. The van der Waals surface area contributed by atoms with Gasteiger partial charge in [-0.25, -0.2) is 0 Å². The molecule has 0 amide bonds. The summed E-state index contributed by atoms with van der Waals surface area (Å²) >= 11 is 4.57. The third-order valence-corrected chi connectivity index (χ3v) is 3.40. The van der Waals surface area contributed by atoms with Gasteiger partial charge in [-0.2, -0.15) is 0 Å². The Bertz CT molecular complexity index is 359. The number of hydrogen-bond acceptors (Lipinski definition) is 4. The van der Waals surface area contributed by atoms with Gasteiger partial charge in [-0.1, -0.05) is 0 Å². The van der Waals surface area contributed by atoms with Crippen LogP contribution in [-0.2, 0) is 9.53 Å². The lowest BCUT2D eigenvalue weighted by atomic mass is 10.1. The Morgan fingerprint density at radius 1 is 1.50 bits per heavy atom. The van der Waals surface area contributed by atoms with Gasteiger partial charge in [0.15, 0.2) is 5.78 Å². The number of carbonyl (C=O) groups is 2. The first kappa shape index (κ1) is 11.4. The van der Waals surface area contributed by atoms with Crippen molar-refractivity contribution in [3.8, 4) is 0 Å². The first-order chi connectivity index (χ1) is 6.56. The predicted octanol–water partition coefficient (Wildman–Crippen LogP) is 2.50. The standard InChI is InChI=1S/C9H9BrO3S/c1-5(9(12)13-2)8(11)6-3-4-7(10)14-6/h3-5H,1-2H3. The lowest BCUT2D eigenvalue weighted by Gasteiger charge is -2.05. The van der Waals surface area contributed by atoms with Crippen LogP contribution in [0.4, 0.5) is 0 Å².